The Balaban J connectivity index is 3.33. The Labute approximate surface area is 170 Å². The maximum Gasteiger partial charge on any atom is 0.315 e. The van der Waals surface area contributed by atoms with Gasteiger partial charge in [-0.25, -0.2) is 4.79 Å². The number of carbonyl (C=O) groups excluding carboxylic acids is 1. The molecule has 0 aromatic rings. The van der Waals surface area contributed by atoms with Crippen LogP contribution in [0.25, 0.3) is 0 Å². The number of hydrogen-bond acceptors (Lipinski definition) is 1. The van der Waals surface area contributed by atoms with Crippen LogP contribution in [0.1, 0.15) is 124 Å². The first-order valence-electron chi connectivity index (χ1n) is 11.8. The normalized spacial score (nSPS) is 12.0. The summed E-state index contributed by atoms with van der Waals surface area (Å²) in [5, 5.41) is 6.00. The average Bonchev–Trinajstić information content (AvgIpc) is 2.64. The highest BCUT2D eigenvalue weighted by Gasteiger charge is 2.11. The smallest absolute Gasteiger partial charge is 0.315 e. The maximum atomic E-state index is 11.9. The van der Waals surface area contributed by atoms with E-state index in [4.69, 9.17) is 0 Å². The monoisotopic (exact) mass is 380 g/mol. The molecule has 0 aromatic heterocycles. The van der Waals surface area contributed by atoms with Crippen molar-refractivity contribution in [3.63, 3.8) is 0 Å². The second-order valence-electron chi connectivity index (χ2n) is 8.18. The van der Waals surface area contributed by atoms with Gasteiger partial charge in [0.05, 0.1) is 6.04 Å². The first-order chi connectivity index (χ1) is 13.1. The molecule has 2 amide bonds. The SMILES string of the molecule is C=C(C)C(CCC)NC(=O)NCCCCCCCCCCCCCCCC. The summed E-state index contributed by atoms with van der Waals surface area (Å²) in [6, 6.07) is 0.0532. The standard InChI is InChI=1S/C24H48N2O/c1-5-7-8-9-10-11-12-13-14-15-16-17-18-19-21-25-24(27)26-23(20-6-2)22(3)4/h23H,3,5-21H2,1-2,4H3,(H2,25,26,27). The Morgan fingerprint density at radius 1 is 0.741 bits per heavy atom. The third-order valence-corrected chi connectivity index (χ3v) is 5.29. The topological polar surface area (TPSA) is 41.1 Å². The Kier molecular flexibility index (Phi) is 19.0. The van der Waals surface area contributed by atoms with E-state index in [0.29, 0.717) is 0 Å². The lowest BCUT2D eigenvalue weighted by atomic mass is 10.0. The number of nitrogens with one attached hydrogen (secondary N) is 2. The van der Waals surface area contributed by atoms with Crippen molar-refractivity contribution in [2.75, 3.05) is 6.54 Å². The van der Waals surface area contributed by atoms with Crippen LogP contribution < -0.4 is 10.6 Å². The number of amides is 2. The Morgan fingerprint density at radius 2 is 1.19 bits per heavy atom. The van der Waals surface area contributed by atoms with Gasteiger partial charge in [-0.15, -0.1) is 0 Å². The van der Waals surface area contributed by atoms with E-state index >= 15 is 0 Å². The lowest BCUT2D eigenvalue weighted by Crippen LogP contribution is -2.42. The summed E-state index contributed by atoms with van der Waals surface area (Å²) < 4.78 is 0. The zero-order chi connectivity index (χ0) is 20.2. The molecule has 3 heteroatoms. The van der Waals surface area contributed by atoms with Gasteiger partial charge in [-0.1, -0.05) is 116 Å². The molecule has 1 unspecified atom stereocenters. The fourth-order valence-corrected chi connectivity index (χ4v) is 3.46. The number of unbranched alkanes of at least 4 members (excludes halogenated alkanes) is 13. The second kappa shape index (κ2) is 19.8. The van der Waals surface area contributed by atoms with Gasteiger partial charge in [-0.2, -0.15) is 0 Å². The van der Waals surface area contributed by atoms with Crippen molar-refractivity contribution >= 4 is 6.03 Å². The predicted molar refractivity (Wildman–Crippen MR) is 120 cm³/mol. The van der Waals surface area contributed by atoms with E-state index < -0.39 is 0 Å². The van der Waals surface area contributed by atoms with Gasteiger partial charge in [0.2, 0.25) is 0 Å². The summed E-state index contributed by atoms with van der Waals surface area (Å²) >= 11 is 0. The zero-order valence-corrected chi connectivity index (χ0v) is 18.7. The third-order valence-electron chi connectivity index (χ3n) is 5.29. The van der Waals surface area contributed by atoms with Crippen molar-refractivity contribution in [1.29, 1.82) is 0 Å². The molecule has 0 aromatic carbocycles. The number of urea groups is 1. The highest BCUT2D eigenvalue weighted by atomic mass is 16.2. The fraction of sp³-hybridized carbons (Fsp3) is 0.875. The molecule has 0 radical (unpaired) electrons. The van der Waals surface area contributed by atoms with Crippen LogP contribution in [0, 0.1) is 0 Å². The summed E-state index contributed by atoms with van der Waals surface area (Å²) in [7, 11) is 0. The van der Waals surface area contributed by atoms with Crippen LogP contribution in [0.5, 0.6) is 0 Å². The minimum atomic E-state index is -0.0499. The van der Waals surface area contributed by atoms with E-state index in [-0.39, 0.29) is 12.1 Å². The van der Waals surface area contributed by atoms with E-state index in [2.05, 4.69) is 31.1 Å². The predicted octanol–water partition coefficient (Wildman–Crippen LogP) is 7.51. The van der Waals surface area contributed by atoms with Crippen LogP contribution in [0.4, 0.5) is 4.79 Å². The number of carbonyl (C=O) groups is 1. The molecule has 1 atom stereocenters. The quantitative estimate of drug-likeness (QED) is 0.177. The molecule has 0 bridgehead atoms. The molecule has 0 aliphatic carbocycles. The van der Waals surface area contributed by atoms with Crippen LogP contribution in [0.3, 0.4) is 0 Å². The van der Waals surface area contributed by atoms with E-state index in [1.54, 1.807) is 0 Å². The van der Waals surface area contributed by atoms with Gasteiger partial charge < -0.3 is 10.6 Å². The van der Waals surface area contributed by atoms with Crippen molar-refractivity contribution in [3.05, 3.63) is 12.2 Å². The molecule has 3 nitrogen and oxygen atoms in total. The average molecular weight is 381 g/mol. The second-order valence-corrected chi connectivity index (χ2v) is 8.18. The van der Waals surface area contributed by atoms with Crippen molar-refractivity contribution in [1.82, 2.24) is 10.6 Å². The molecule has 0 fully saturated rings. The molecule has 0 saturated heterocycles. The zero-order valence-electron chi connectivity index (χ0n) is 18.7. The number of rotatable bonds is 19. The van der Waals surface area contributed by atoms with E-state index in [1.807, 2.05) is 6.92 Å². The van der Waals surface area contributed by atoms with Gasteiger partial charge in [0, 0.05) is 6.54 Å². The Bertz CT molecular complexity index is 354. The van der Waals surface area contributed by atoms with Crippen molar-refractivity contribution < 1.29 is 4.79 Å². The fourth-order valence-electron chi connectivity index (χ4n) is 3.46. The molecule has 2 N–H and O–H groups in total. The van der Waals surface area contributed by atoms with Crippen LogP contribution in [0.2, 0.25) is 0 Å². The minimum Gasteiger partial charge on any atom is -0.338 e. The van der Waals surface area contributed by atoms with Gasteiger partial charge in [-0.3, -0.25) is 0 Å². The van der Waals surface area contributed by atoms with Gasteiger partial charge in [0.25, 0.3) is 0 Å². The van der Waals surface area contributed by atoms with Gasteiger partial charge in [-0.05, 0) is 19.8 Å². The highest BCUT2D eigenvalue weighted by molar-refractivity contribution is 5.74. The first-order valence-corrected chi connectivity index (χ1v) is 11.8. The van der Waals surface area contributed by atoms with Crippen molar-refractivity contribution in [3.8, 4) is 0 Å². The molecule has 160 valence electrons. The maximum absolute atomic E-state index is 11.9. The van der Waals surface area contributed by atoms with Crippen molar-refractivity contribution in [2.45, 2.75) is 130 Å². The molecule has 0 rings (SSSR count). The molecular formula is C24H48N2O. The molecule has 0 aliphatic rings. The Hall–Kier alpha value is -0.990. The van der Waals surface area contributed by atoms with Crippen LogP contribution in [-0.4, -0.2) is 18.6 Å². The lowest BCUT2D eigenvalue weighted by molar-refractivity contribution is 0.237. The largest absolute Gasteiger partial charge is 0.338 e. The Morgan fingerprint density at radius 3 is 1.59 bits per heavy atom. The van der Waals surface area contributed by atoms with Gasteiger partial charge in [0.1, 0.15) is 0 Å². The van der Waals surface area contributed by atoms with Crippen molar-refractivity contribution in [2.24, 2.45) is 0 Å². The molecule has 0 saturated carbocycles. The summed E-state index contributed by atoms with van der Waals surface area (Å²) in [6.45, 7) is 11.1. The molecule has 0 aliphatic heterocycles. The first kappa shape index (κ1) is 26.0. The highest BCUT2D eigenvalue weighted by Crippen LogP contribution is 2.12. The van der Waals surface area contributed by atoms with Gasteiger partial charge in [0.15, 0.2) is 0 Å². The molecule has 0 heterocycles. The summed E-state index contributed by atoms with van der Waals surface area (Å²) in [4.78, 5) is 11.9. The number of hydrogen-bond donors (Lipinski definition) is 2. The van der Waals surface area contributed by atoms with E-state index in [0.717, 1.165) is 31.4 Å². The summed E-state index contributed by atoms with van der Waals surface area (Å²) in [5.41, 5.74) is 1.03. The minimum absolute atomic E-state index is 0.0499. The molecule has 0 spiro atoms. The van der Waals surface area contributed by atoms with Crippen LogP contribution in [0.15, 0.2) is 12.2 Å². The van der Waals surface area contributed by atoms with E-state index in [1.165, 1.54) is 83.5 Å². The lowest BCUT2D eigenvalue weighted by Gasteiger charge is -2.18. The van der Waals surface area contributed by atoms with Gasteiger partial charge >= 0.3 is 6.03 Å². The van der Waals surface area contributed by atoms with Crippen LogP contribution >= 0.6 is 0 Å². The molecular weight excluding hydrogens is 332 g/mol. The van der Waals surface area contributed by atoms with Crippen LogP contribution in [-0.2, 0) is 0 Å². The summed E-state index contributed by atoms with van der Waals surface area (Å²) in [6.07, 6.45) is 21.1. The van der Waals surface area contributed by atoms with E-state index in [9.17, 15) is 4.79 Å². The molecule has 27 heavy (non-hydrogen) atoms. The third kappa shape index (κ3) is 18.2. The summed E-state index contributed by atoms with van der Waals surface area (Å²) in [5.74, 6) is 0.